The molecule has 0 heterocycles. The van der Waals surface area contributed by atoms with Crippen LogP contribution in [0.3, 0.4) is 0 Å². The predicted molar refractivity (Wildman–Crippen MR) is 55.0 cm³/mol. The molecule has 0 fully saturated rings. The number of benzene rings is 1. The van der Waals surface area contributed by atoms with Crippen molar-refractivity contribution in [2.24, 2.45) is 0 Å². The lowest BCUT2D eigenvalue weighted by Gasteiger charge is -2.01. The molecule has 0 aliphatic rings. The van der Waals surface area contributed by atoms with Crippen molar-refractivity contribution in [1.29, 1.82) is 0 Å². The van der Waals surface area contributed by atoms with Gasteiger partial charge >= 0.3 is 0 Å². The van der Waals surface area contributed by atoms with Gasteiger partial charge in [-0.05, 0) is 36.6 Å². The van der Waals surface area contributed by atoms with Crippen molar-refractivity contribution in [1.82, 2.24) is 0 Å². The summed E-state index contributed by atoms with van der Waals surface area (Å²) < 4.78 is 0. The van der Waals surface area contributed by atoms with Gasteiger partial charge in [0.2, 0.25) is 0 Å². The molecule has 0 radical (unpaired) electrons. The van der Waals surface area contributed by atoms with E-state index in [1.165, 1.54) is 0 Å². The Morgan fingerprint density at radius 1 is 1.33 bits per heavy atom. The Kier molecular flexibility index (Phi) is 3.64. The molecule has 0 saturated carbocycles. The van der Waals surface area contributed by atoms with Crippen LogP contribution in [0.15, 0.2) is 30.9 Å². The third-order valence-corrected chi connectivity index (χ3v) is 2.23. The minimum Gasteiger partial charge on any atom is -0.103 e. The van der Waals surface area contributed by atoms with E-state index in [0.717, 1.165) is 28.5 Å². The lowest BCUT2D eigenvalue weighted by Crippen LogP contribution is -1.84. The van der Waals surface area contributed by atoms with Gasteiger partial charge in [0.25, 0.3) is 0 Å². The van der Waals surface area contributed by atoms with Crippen LogP contribution in [0.5, 0.6) is 0 Å². The molecule has 1 aromatic rings. The molecule has 64 valence electrons. The first-order valence-corrected chi connectivity index (χ1v) is 4.54. The van der Waals surface area contributed by atoms with Crippen LogP contribution in [0.1, 0.15) is 12.0 Å². The van der Waals surface area contributed by atoms with Crippen LogP contribution in [0, 0.1) is 0 Å². The van der Waals surface area contributed by atoms with Crippen molar-refractivity contribution in [3.8, 4) is 0 Å². The molecule has 0 spiro atoms. The molecule has 0 aromatic heterocycles. The number of halogens is 2. The minimum atomic E-state index is 0.735. The molecule has 0 aliphatic heterocycles. The monoisotopic (exact) mass is 200 g/mol. The molecule has 0 aliphatic carbocycles. The molecule has 2 heteroatoms. The SMILES string of the molecule is C=CCCc1cc(Cl)ccc1Cl. The molecular weight excluding hydrogens is 191 g/mol. The Balaban J connectivity index is 2.82. The maximum atomic E-state index is 5.94. The summed E-state index contributed by atoms with van der Waals surface area (Å²) in [6, 6.07) is 5.51. The summed E-state index contributed by atoms with van der Waals surface area (Å²) >= 11 is 11.8. The van der Waals surface area contributed by atoms with Crippen molar-refractivity contribution in [3.05, 3.63) is 46.5 Å². The highest BCUT2D eigenvalue weighted by atomic mass is 35.5. The van der Waals surface area contributed by atoms with Crippen LogP contribution in [0.25, 0.3) is 0 Å². The van der Waals surface area contributed by atoms with E-state index in [1.54, 1.807) is 6.07 Å². The van der Waals surface area contributed by atoms with Gasteiger partial charge in [0, 0.05) is 10.0 Å². The zero-order chi connectivity index (χ0) is 8.97. The molecule has 0 saturated heterocycles. The standard InChI is InChI=1S/C10H10Cl2/c1-2-3-4-8-7-9(11)5-6-10(8)12/h2,5-7H,1,3-4H2. The average molecular weight is 201 g/mol. The van der Waals surface area contributed by atoms with Gasteiger partial charge in [0.15, 0.2) is 0 Å². The van der Waals surface area contributed by atoms with Crippen molar-refractivity contribution < 1.29 is 0 Å². The van der Waals surface area contributed by atoms with Gasteiger partial charge in [-0.1, -0.05) is 29.3 Å². The molecule has 0 N–H and O–H groups in total. The zero-order valence-electron chi connectivity index (χ0n) is 6.69. The summed E-state index contributed by atoms with van der Waals surface area (Å²) in [6.45, 7) is 3.65. The number of aryl methyl sites for hydroxylation is 1. The van der Waals surface area contributed by atoms with E-state index in [9.17, 15) is 0 Å². The van der Waals surface area contributed by atoms with Gasteiger partial charge in [-0.25, -0.2) is 0 Å². The number of allylic oxidation sites excluding steroid dienone is 1. The zero-order valence-corrected chi connectivity index (χ0v) is 8.20. The fourth-order valence-corrected chi connectivity index (χ4v) is 1.40. The first kappa shape index (κ1) is 9.63. The predicted octanol–water partition coefficient (Wildman–Crippen LogP) is 4.11. The van der Waals surface area contributed by atoms with Crippen LogP contribution >= 0.6 is 23.2 Å². The highest BCUT2D eigenvalue weighted by Gasteiger charge is 1.99. The maximum absolute atomic E-state index is 5.94. The smallest absolute Gasteiger partial charge is 0.0439 e. The summed E-state index contributed by atoms with van der Waals surface area (Å²) in [5, 5.41) is 1.51. The molecular formula is C10H10Cl2. The van der Waals surface area contributed by atoms with E-state index >= 15 is 0 Å². The maximum Gasteiger partial charge on any atom is 0.0439 e. The molecule has 0 amide bonds. The molecule has 0 nitrogen and oxygen atoms in total. The van der Waals surface area contributed by atoms with Crippen molar-refractivity contribution in [3.63, 3.8) is 0 Å². The summed E-state index contributed by atoms with van der Waals surface area (Å²) in [6.07, 6.45) is 3.71. The Labute approximate surface area is 82.8 Å². The van der Waals surface area contributed by atoms with E-state index in [-0.39, 0.29) is 0 Å². The molecule has 0 unspecified atom stereocenters. The van der Waals surface area contributed by atoms with Gasteiger partial charge in [-0.15, -0.1) is 6.58 Å². The normalized spacial score (nSPS) is 9.83. The highest BCUT2D eigenvalue weighted by molar-refractivity contribution is 6.33. The van der Waals surface area contributed by atoms with Gasteiger partial charge < -0.3 is 0 Å². The number of rotatable bonds is 3. The molecule has 1 aromatic carbocycles. The van der Waals surface area contributed by atoms with Gasteiger partial charge in [0.1, 0.15) is 0 Å². The van der Waals surface area contributed by atoms with Gasteiger partial charge in [0.05, 0.1) is 0 Å². The lowest BCUT2D eigenvalue weighted by molar-refractivity contribution is 1.00. The first-order chi connectivity index (χ1) is 5.74. The largest absolute Gasteiger partial charge is 0.103 e. The summed E-state index contributed by atoms with van der Waals surface area (Å²) in [5.74, 6) is 0. The second kappa shape index (κ2) is 4.54. The van der Waals surface area contributed by atoms with Crippen LogP contribution in [0.2, 0.25) is 10.0 Å². The molecule has 1 rings (SSSR count). The van der Waals surface area contributed by atoms with Gasteiger partial charge in [-0.2, -0.15) is 0 Å². The van der Waals surface area contributed by atoms with Crippen molar-refractivity contribution in [2.45, 2.75) is 12.8 Å². The summed E-state index contributed by atoms with van der Waals surface area (Å²) in [5.41, 5.74) is 1.09. The second-order valence-electron chi connectivity index (χ2n) is 2.56. The Bertz CT molecular complexity index is 279. The van der Waals surface area contributed by atoms with Crippen LogP contribution in [-0.4, -0.2) is 0 Å². The van der Waals surface area contributed by atoms with Crippen LogP contribution in [0.4, 0.5) is 0 Å². The Morgan fingerprint density at radius 3 is 2.75 bits per heavy atom. The average Bonchev–Trinajstić information content (AvgIpc) is 2.07. The number of hydrogen-bond acceptors (Lipinski definition) is 0. The molecule has 0 atom stereocenters. The van der Waals surface area contributed by atoms with Crippen molar-refractivity contribution >= 4 is 23.2 Å². The van der Waals surface area contributed by atoms with Crippen molar-refractivity contribution in [2.75, 3.05) is 0 Å². The third-order valence-electron chi connectivity index (χ3n) is 1.63. The molecule has 12 heavy (non-hydrogen) atoms. The Morgan fingerprint density at radius 2 is 2.08 bits per heavy atom. The van der Waals surface area contributed by atoms with E-state index in [0.29, 0.717) is 0 Å². The summed E-state index contributed by atoms with van der Waals surface area (Å²) in [4.78, 5) is 0. The minimum absolute atomic E-state index is 0.735. The van der Waals surface area contributed by atoms with E-state index in [2.05, 4.69) is 6.58 Å². The molecule has 0 bridgehead atoms. The fourth-order valence-electron chi connectivity index (χ4n) is 0.992. The highest BCUT2D eigenvalue weighted by Crippen LogP contribution is 2.21. The summed E-state index contributed by atoms with van der Waals surface area (Å²) in [7, 11) is 0. The quantitative estimate of drug-likeness (QED) is 0.645. The first-order valence-electron chi connectivity index (χ1n) is 3.79. The van der Waals surface area contributed by atoms with E-state index in [4.69, 9.17) is 23.2 Å². The Hall–Kier alpha value is -0.460. The second-order valence-corrected chi connectivity index (χ2v) is 3.41. The van der Waals surface area contributed by atoms with E-state index < -0.39 is 0 Å². The van der Waals surface area contributed by atoms with Crippen LogP contribution in [-0.2, 0) is 6.42 Å². The van der Waals surface area contributed by atoms with Gasteiger partial charge in [-0.3, -0.25) is 0 Å². The van der Waals surface area contributed by atoms with E-state index in [1.807, 2.05) is 18.2 Å². The topological polar surface area (TPSA) is 0 Å². The number of hydrogen-bond donors (Lipinski definition) is 0. The lowest BCUT2D eigenvalue weighted by atomic mass is 10.1. The van der Waals surface area contributed by atoms with Crippen LogP contribution < -0.4 is 0 Å². The fraction of sp³-hybridized carbons (Fsp3) is 0.200. The third kappa shape index (κ3) is 2.54.